The molecule has 20 heavy (non-hydrogen) atoms. The average Bonchev–Trinajstić information content (AvgIpc) is 2.98. The molecular weight excluding hydrogens is 252 g/mol. The molecule has 4 atom stereocenters. The Hall–Kier alpha value is -0.610. The first kappa shape index (κ1) is 14.3. The van der Waals surface area contributed by atoms with Crippen molar-refractivity contribution in [3.63, 3.8) is 0 Å². The van der Waals surface area contributed by atoms with E-state index in [9.17, 15) is 9.90 Å². The summed E-state index contributed by atoms with van der Waals surface area (Å²) in [5.41, 5.74) is -0.545. The molecule has 4 unspecified atom stereocenters. The molecule has 1 heterocycles. The molecule has 3 aliphatic rings. The lowest BCUT2D eigenvalue weighted by Gasteiger charge is -2.45. The molecule has 2 bridgehead atoms. The fourth-order valence-corrected chi connectivity index (χ4v) is 4.64. The Kier molecular flexibility index (Phi) is 3.80. The second-order valence-corrected chi connectivity index (χ2v) is 7.42. The van der Waals surface area contributed by atoms with Crippen molar-refractivity contribution < 1.29 is 9.90 Å². The van der Waals surface area contributed by atoms with Crippen LogP contribution < -0.4 is 5.32 Å². The predicted molar refractivity (Wildman–Crippen MR) is 78.2 cm³/mol. The maximum atomic E-state index is 12.1. The van der Waals surface area contributed by atoms with Crippen molar-refractivity contribution in [2.24, 2.45) is 17.8 Å². The molecule has 0 aromatic carbocycles. The summed E-state index contributed by atoms with van der Waals surface area (Å²) in [4.78, 5) is 14.1. The van der Waals surface area contributed by atoms with E-state index < -0.39 is 5.60 Å². The standard InChI is InChI=1S/C16H28N2O2/c1-3-16(20)9-18(10-16)8-15(19)17-11(2)14-7-12-4-5-13(14)6-12/h11-14,20H,3-10H2,1-2H3,(H,17,19). The Balaban J connectivity index is 1.41. The first-order valence-electron chi connectivity index (χ1n) is 8.23. The van der Waals surface area contributed by atoms with Crippen LogP contribution in [0.5, 0.6) is 0 Å². The van der Waals surface area contributed by atoms with E-state index in [1.807, 2.05) is 11.8 Å². The van der Waals surface area contributed by atoms with Crippen molar-refractivity contribution in [1.29, 1.82) is 0 Å². The van der Waals surface area contributed by atoms with Crippen molar-refractivity contribution >= 4 is 5.91 Å². The van der Waals surface area contributed by atoms with Crippen LogP contribution >= 0.6 is 0 Å². The molecule has 3 fully saturated rings. The smallest absolute Gasteiger partial charge is 0.234 e. The molecular formula is C16H28N2O2. The highest BCUT2D eigenvalue weighted by molar-refractivity contribution is 5.78. The Morgan fingerprint density at radius 2 is 2.15 bits per heavy atom. The van der Waals surface area contributed by atoms with Gasteiger partial charge in [0.25, 0.3) is 0 Å². The minimum Gasteiger partial charge on any atom is -0.387 e. The number of rotatable bonds is 5. The number of amides is 1. The number of β-amino-alcohol motifs (C(OH)–C–C–N with tert-alkyl or cyclic N) is 1. The molecule has 4 nitrogen and oxygen atoms in total. The molecule has 2 aliphatic carbocycles. The Morgan fingerprint density at radius 3 is 2.70 bits per heavy atom. The van der Waals surface area contributed by atoms with E-state index >= 15 is 0 Å². The molecule has 0 radical (unpaired) electrons. The lowest BCUT2D eigenvalue weighted by Crippen LogP contribution is -2.63. The molecule has 0 spiro atoms. The van der Waals surface area contributed by atoms with Gasteiger partial charge in [-0.2, -0.15) is 0 Å². The summed E-state index contributed by atoms with van der Waals surface area (Å²) in [6, 6.07) is 0.309. The van der Waals surface area contributed by atoms with E-state index in [1.165, 1.54) is 25.7 Å². The molecule has 1 aliphatic heterocycles. The summed E-state index contributed by atoms with van der Waals surface area (Å²) < 4.78 is 0. The number of nitrogens with one attached hydrogen (secondary N) is 1. The van der Waals surface area contributed by atoms with Crippen LogP contribution in [-0.4, -0.2) is 47.2 Å². The van der Waals surface area contributed by atoms with Gasteiger partial charge in [-0.05, 0) is 50.4 Å². The monoisotopic (exact) mass is 280 g/mol. The van der Waals surface area contributed by atoms with Crippen LogP contribution in [0.3, 0.4) is 0 Å². The summed E-state index contributed by atoms with van der Waals surface area (Å²) in [6.07, 6.45) is 6.25. The molecule has 1 saturated heterocycles. The third-order valence-corrected chi connectivity index (χ3v) is 5.88. The Labute approximate surface area is 121 Å². The van der Waals surface area contributed by atoms with Crippen LogP contribution in [0.2, 0.25) is 0 Å². The molecule has 1 amide bonds. The SMILES string of the molecule is CCC1(O)CN(CC(=O)NC(C)C2CC3CCC2C3)C1. The highest BCUT2D eigenvalue weighted by Gasteiger charge is 2.43. The van der Waals surface area contributed by atoms with Crippen molar-refractivity contribution in [2.75, 3.05) is 19.6 Å². The zero-order valence-corrected chi connectivity index (χ0v) is 12.8. The Bertz CT molecular complexity index is 379. The molecule has 2 saturated carbocycles. The molecule has 2 N–H and O–H groups in total. The zero-order chi connectivity index (χ0) is 14.3. The number of fused-ring (bicyclic) bond motifs is 2. The summed E-state index contributed by atoms with van der Waals surface area (Å²) in [6.45, 7) is 5.88. The number of aliphatic hydroxyl groups is 1. The van der Waals surface area contributed by atoms with Crippen molar-refractivity contribution in [1.82, 2.24) is 10.2 Å². The van der Waals surface area contributed by atoms with Gasteiger partial charge in [-0.15, -0.1) is 0 Å². The number of hydrogen-bond donors (Lipinski definition) is 2. The first-order valence-corrected chi connectivity index (χ1v) is 8.23. The minimum atomic E-state index is -0.545. The number of likely N-dealkylation sites (tertiary alicyclic amines) is 1. The Morgan fingerprint density at radius 1 is 1.40 bits per heavy atom. The zero-order valence-electron chi connectivity index (χ0n) is 12.8. The summed E-state index contributed by atoms with van der Waals surface area (Å²) in [5.74, 6) is 2.60. The topological polar surface area (TPSA) is 52.6 Å². The number of carbonyl (C=O) groups excluding carboxylic acids is 1. The van der Waals surface area contributed by atoms with Gasteiger partial charge in [0, 0.05) is 19.1 Å². The van der Waals surface area contributed by atoms with Gasteiger partial charge in [-0.25, -0.2) is 0 Å². The first-order chi connectivity index (χ1) is 9.49. The van der Waals surface area contributed by atoms with Gasteiger partial charge >= 0.3 is 0 Å². The summed E-state index contributed by atoms with van der Waals surface area (Å²) in [5, 5.41) is 13.1. The number of nitrogens with zero attached hydrogens (tertiary/aromatic N) is 1. The lowest BCUT2D eigenvalue weighted by molar-refractivity contribution is -0.133. The average molecular weight is 280 g/mol. The quantitative estimate of drug-likeness (QED) is 0.800. The van der Waals surface area contributed by atoms with Gasteiger partial charge in [0.15, 0.2) is 0 Å². The molecule has 0 aromatic rings. The van der Waals surface area contributed by atoms with Gasteiger partial charge in [-0.1, -0.05) is 13.3 Å². The molecule has 0 aromatic heterocycles. The van der Waals surface area contributed by atoms with Crippen molar-refractivity contribution in [3.05, 3.63) is 0 Å². The van der Waals surface area contributed by atoms with Crippen LogP contribution in [0.1, 0.15) is 46.0 Å². The summed E-state index contributed by atoms with van der Waals surface area (Å²) >= 11 is 0. The lowest BCUT2D eigenvalue weighted by atomic mass is 9.84. The fourth-order valence-electron chi connectivity index (χ4n) is 4.64. The van der Waals surface area contributed by atoms with Crippen molar-refractivity contribution in [2.45, 2.75) is 57.6 Å². The van der Waals surface area contributed by atoms with Crippen LogP contribution in [0.15, 0.2) is 0 Å². The minimum absolute atomic E-state index is 0.124. The van der Waals surface area contributed by atoms with Gasteiger partial charge < -0.3 is 10.4 Å². The second kappa shape index (κ2) is 5.30. The van der Waals surface area contributed by atoms with Crippen LogP contribution in [0.4, 0.5) is 0 Å². The van der Waals surface area contributed by atoms with E-state index in [4.69, 9.17) is 0 Å². The van der Waals surface area contributed by atoms with Crippen LogP contribution in [-0.2, 0) is 4.79 Å². The summed E-state index contributed by atoms with van der Waals surface area (Å²) in [7, 11) is 0. The molecule has 114 valence electrons. The van der Waals surface area contributed by atoms with Crippen molar-refractivity contribution in [3.8, 4) is 0 Å². The maximum Gasteiger partial charge on any atom is 0.234 e. The van der Waals surface area contributed by atoms with Gasteiger partial charge in [-0.3, -0.25) is 9.69 Å². The fraction of sp³-hybridized carbons (Fsp3) is 0.938. The third kappa shape index (κ3) is 2.73. The van der Waals surface area contributed by atoms with Gasteiger partial charge in [0.05, 0.1) is 12.1 Å². The van der Waals surface area contributed by atoms with E-state index in [0.717, 1.165) is 18.3 Å². The maximum absolute atomic E-state index is 12.1. The highest BCUT2D eigenvalue weighted by Crippen LogP contribution is 2.49. The number of hydrogen-bond acceptors (Lipinski definition) is 3. The van der Waals surface area contributed by atoms with E-state index in [1.54, 1.807) is 0 Å². The largest absolute Gasteiger partial charge is 0.387 e. The second-order valence-electron chi connectivity index (χ2n) is 7.42. The molecule has 3 rings (SSSR count). The van der Waals surface area contributed by atoms with Crippen LogP contribution in [0, 0.1) is 17.8 Å². The predicted octanol–water partition coefficient (Wildman–Crippen LogP) is 1.38. The normalized spacial score (nSPS) is 36.6. The van der Waals surface area contributed by atoms with E-state index in [0.29, 0.717) is 31.6 Å². The van der Waals surface area contributed by atoms with Gasteiger partial charge in [0.2, 0.25) is 5.91 Å². The highest BCUT2D eigenvalue weighted by atomic mass is 16.3. The van der Waals surface area contributed by atoms with Crippen LogP contribution in [0.25, 0.3) is 0 Å². The van der Waals surface area contributed by atoms with E-state index in [-0.39, 0.29) is 5.91 Å². The molecule has 4 heteroatoms. The third-order valence-electron chi connectivity index (χ3n) is 5.88. The van der Waals surface area contributed by atoms with Gasteiger partial charge in [0.1, 0.15) is 0 Å². The van der Waals surface area contributed by atoms with E-state index in [2.05, 4.69) is 12.2 Å². The number of carbonyl (C=O) groups is 1.